The zero-order valence-corrected chi connectivity index (χ0v) is 4.35. The van der Waals surface area contributed by atoms with Gasteiger partial charge in [-0.3, -0.25) is 5.32 Å². The Hall–Kier alpha value is -0.120. The first-order valence-electron chi connectivity index (χ1n) is 2.41. The van der Waals surface area contributed by atoms with E-state index in [1.165, 1.54) is 0 Å². The predicted octanol–water partition coefficient (Wildman–Crippen LogP) is -1.11. The fourth-order valence-electron chi connectivity index (χ4n) is 0.576. The SMILES string of the molecule is CNC1OC1CN. The maximum Gasteiger partial charge on any atom is 0.136 e. The van der Waals surface area contributed by atoms with Crippen molar-refractivity contribution in [1.82, 2.24) is 5.32 Å². The molecule has 1 fully saturated rings. The second-order valence-corrected chi connectivity index (χ2v) is 1.62. The van der Waals surface area contributed by atoms with E-state index < -0.39 is 0 Å². The Labute approximate surface area is 42.8 Å². The Bertz CT molecular complexity index is 58.7. The Kier molecular flexibility index (Phi) is 1.27. The number of hydrogen-bond donors (Lipinski definition) is 2. The zero-order chi connectivity index (χ0) is 5.28. The quantitative estimate of drug-likeness (QED) is 0.435. The molecule has 0 saturated carbocycles. The van der Waals surface area contributed by atoms with E-state index in [1.54, 1.807) is 0 Å². The third kappa shape index (κ3) is 0.907. The highest BCUT2D eigenvalue weighted by Crippen LogP contribution is 2.15. The van der Waals surface area contributed by atoms with Gasteiger partial charge in [0.05, 0.1) is 0 Å². The largest absolute Gasteiger partial charge is 0.352 e. The highest BCUT2D eigenvalue weighted by Gasteiger charge is 2.35. The molecule has 1 saturated heterocycles. The van der Waals surface area contributed by atoms with Gasteiger partial charge < -0.3 is 10.5 Å². The van der Waals surface area contributed by atoms with Crippen LogP contribution < -0.4 is 11.1 Å². The number of likely N-dealkylation sites (N-methyl/N-ethyl adjacent to an activating group) is 1. The normalized spacial score (nSPS) is 38.6. The molecule has 1 rings (SSSR count). The lowest BCUT2D eigenvalue weighted by Gasteiger charge is -1.82. The smallest absolute Gasteiger partial charge is 0.136 e. The van der Waals surface area contributed by atoms with Crippen LogP contribution in [-0.4, -0.2) is 25.9 Å². The van der Waals surface area contributed by atoms with Crippen LogP contribution >= 0.6 is 0 Å². The third-order valence-electron chi connectivity index (χ3n) is 1.10. The number of hydrogen-bond acceptors (Lipinski definition) is 3. The predicted molar refractivity (Wildman–Crippen MR) is 26.8 cm³/mol. The molecule has 0 aromatic rings. The molecule has 0 amide bonds. The van der Waals surface area contributed by atoms with Crippen LogP contribution in [0.4, 0.5) is 0 Å². The maximum atomic E-state index is 5.23. The van der Waals surface area contributed by atoms with Crippen molar-refractivity contribution in [3.05, 3.63) is 0 Å². The second kappa shape index (κ2) is 1.78. The van der Waals surface area contributed by atoms with Gasteiger partial charge in [-0.2, -0.15) is 0 Å². The molecule has 0 radical (unpaired) electrons. The third-order valence-corrected chi connectivity index (χ3v) is 1.10. The molecule has 0 aromatic carbocycles. The van der Waals surface area contributed by atoms with E-state index in [4.69, 9.17) is 10.5 Å². The molecule has 7 heavy (non-hydrogen) atoms. The first kappa shape index (κ1) is 5.03. The van der Waals surface area contributed by atoms with Gasteiger partial charge in [0, 0.05) is 6.54 Å². The Morgan fingerprint density at radius 1 is 1.86 bits per heavy atom. The molecule has 1 aliphatic rings. The van der Waals surface area contributed by atoms with Crippen LogP contribution in [0.3, 0.4) is 0 Å². The highest BCUT2D eigenvalue weighted by molar-refractivity contribution is 4.81. The summed E-state index contributed by atoms with van der Waals surface area (Å²) in [5.74, 6) is 0. The average molecular weight is 102 g/mol. The fourth-order valence-corrected chi connectivity index (χ4v) is 0.576. The highest BCUT2D eigenvalue weighted by atomic mass is 16.6. The van der Waals surface area contributed by atoms with E-state index in [-0.39, 0.29) is 12.3 Å². The van der Waals surface area contributed by atoms with E-state index in [1.807, 2.05) is 7.05 Å². The van der Waals surface area contributed by atoms with Crippen molar-refractivity contribution in [2.45, 2.75) is 12.3 Å². The van der Waals surface area contributed by atoms with Crippen LogP contribution in [0, 0.1) is 0 Å². The van der Waals surface area contributed by atoms with Crippen molar-refractivity contribution < 1.29 is 4.74 Å². The minimum absolute atomic E-state index is 0.241. The minimum Gasteiger partial charge on any atom is -0.352 e. The summed E-state index contributed by atoms with van der Waals surface area (Å²) in [6.07, 6.45) is 0.523. The van der Waals surface area contributed by atoms with Gasteiger partial charge in [-0.15, -0.1) is 0 Å². The van der Waals surface area contributed by atoms with Crippen LogP contribution in [0.25, 0.3) is 0 Å². The van der Waals surface area contributed by atoms with Crippen molar-refractivity contribution in [3.8, 4) is 0 Å². The molecule has 0 bridgehead atoms. The summed E-state index contributed by atoms with van der Waals surface area (Å²) in [7, 11) is 1.86. The molecule has 3 nitrogen and oxygen atoms in total. The van der Waals surface area contributed by atoms with Crippen LogP contribution in [0.5, 0.6) is 0 Å². The summed E-state index contributed by atoms with van der Waals surface area (Å²) in [6.45, 7) is 0.630. The Balaban J connectivity index is 2.06. The summed E-state index contributed by atoms with van der Waals surface area (Å²) in [4.78, 5) is 0. The zero-order valence-electron chi connectivity index (χ0n) is 4.35. The molecule has 0 aliphatic carbocycles. The van der Waals surface area contributed by atoms with Crippen LogP contribution in [0.15, 0.2) is 0 Å². The number of nitrogens with one attached hydrogen (secondary N) is 1. The van der Waals surface area contributed by atoms with E-state index >= 15 is 0 Å². The van der Waals surface area contributed by atoms with Crippen LogP contribution in [0.2, 0.25) is 0 Å². The molecule has 1 aliphatic heterocycles. The lowest BCUT2D eigenvalue weighted by Crippen LogP contribution is -2.18. The van der Waals surface area contributed by atoms with Gasteiger partial charge >= 0.3 is 0 Å². The van der Waals surface area contributed by atoms with Gasteiger partial charge in [-0.25, -0.2) is 0 Å². The van der Waals surface area contributed by atoms with Crippen molar-refractivity contribution in [3.63, 3.8) is 0 Å². The van der Waals surface area contributed by atoms with Crippen molar-refractivity contribution in [2.75, 3.05) is 13.6 Å². The lowest BCUT2D eigenvalue weighted by molar-refractivity contribution is 0.356. The van der Waals surface area contributed by atoms with Crippen molar-refractivity contribution in [1.29, 1.82) is 0 Å². The van der Waals surface area contributed by atoms with Gasteiger partial charge in [0.15, 0.2) is 0 Å². The minimum atomic E-state index is 0.241. The second-order valence-electron chi connectivity index (χ2n) is 1.62. The van der Waals surface area contributed by atoms with Gasteiger partial charge in [0.2, 0.25) is 0 Å². The van der Waals surface area contributed by atoms with Crippen LogP contribution in [-0.2, 0) is 4.74 Å². The summed E-state index contributed by atoms with van der Waals surface area (Å²) in [5, 5.41) is 2.94. The topological polar surface area (TPSA) is 50.6 Å². The molecular weight excluding hydrogens is 92.1 g/mol. The summed E-state index contributed by atoms with van der Waals surface area (Å²) in [6, 6.07) is 0. The number of rotatable bonds is 2. The molecule has 0 aromatic heterocycles. The molecule has 0 spiro atoms. The number of ether oxygens (including phenoxy) is 1. The first-order valence-corrected chi connectivity index (χ1v) is 2.41. The molecular formula is C4H10N2O. The fraction of sp³-hybridized carbons (Fsp3) is 1.00. The summed E-state index contributed by atoms with van der Waals surface area (Å²) < 4.78 is 4.98. The monoisotopic (exact) mass is 102 g/mol. The maximum absolute atomic E-state index is 5.23. The van der Waals surface area contributed by atoms with Gasteiger partial charge in [0.25, 0.3) is 0 Å². The molecule has 3 heteroatoms. The van der Waals surface area contributed by atoms with E-state index in [2.05, 4.69) is 5.32 Å². The van der Waals surface area contributed by atoms with E-state index in [0.29, 0.717) is 6.54 Å². The molecule has 42 valence electrons. The molecule has 3 N–H and O–H groups in total. The van der Waals surface area contributed by atoms with Crippen molar-refractivity contribution in [2.24, 2.45) is 5.73 Å². The number of nitrogens with two attached hydrogens (primary N) is 1. The van der Waals surface area contributed by atoms with Gasteiger partial charge in [-0.05, 0) is 7.05 Å². The Morgan fingerprint density at radius 2 is 2.57 bits per heavy atom. The van der Waals surface area contributed by atoms with E-state index in [0.717, 1.165) is 0 Å². The van der Waals surface area contributed by atoms with Gasteiger partial charge in [-0.1, -0.05) is 0 Å². The van der Waals surface area contributed by atoms with Crippen molar-refractivity contribution >= 4 is 0 Å². The lowest BCUT2D eigenvalue weighted by atomic mass is 10.4. The Morgan fingerprint density at radius 3 is 2.71 bits per heavy atom. The molecule has 1 heterocycles. The van der Waals surface area contributed by atoms with E-state index in [9.17, 15) is 0 Å². The van der Waals surface area contributed by atoms with Gasteiger partial charge in [0.1, 0.15) is 12.3 Å². The van der Waals surface area contributed by atoms with Crippen LogP contribution in [0.1, 0.15) is 0 Å². The molecule has 2 unspecified atom stereocenters. The summed E-state index contributed by atoms with van der Waals surface area (Å²) in [5.41, 5.74) is 5.23. The first-order chi connectivity index (χ1) is 3.38. The number of epoxide rings is 1. The average Bonchev–Trinajstić information content (AvgIpc) is 2.43. The standard InChI is InChI=1S/C4H10N2O/c1-6-4-3(2-5)7-4/h3-4,6H,2,5H2,1H3. The molecule has 2 atom stereocenters. The summed E-state index contributed by atoms with van der Waals surface area (Å²) >= 11 is 0.